The zero-order valence-electron chi connectivity index (χ0n) is 12.3. The second kappa shape index (κ2) is 11.0. The van der Waals surface area contributed by atoms with Crippen LogP contribution in [-0.4, -0.2) is 18.3 Å². The number of aryl methyl sites for hydroxylation is 1. The minimum Gasteiger partial charge on any atom is -0.396 e. The molecule has 108 valence electrons. The summed E-state index contributed by atoms with van der Waals surface area (Å²) in [5.74, 6) is 0. The summed E-state index contributed by atoms with van der Waals surface area (Å²) in [5, 5.41) is 12.2. The Hall–Kier alpha value is -0.860. The third-order valence-electron chi connectivity index (χ3n) is 3.43. The lowest BCUT2D eigenvalue weighted by molar-refractivity contribution is 0.282. The molecule has 0 atom stereocenters. The number of rotatable bonds is 11. The molecular weight excluding hydrogens is 234 g/mol. The highest BCUT2D eigenvalue weighted by molar-refractivity contribution is 5.22. The molecular formula is C17H29NO. The van der Waals surface area contributed by atoms with E-state index in [0.717, 1.165) is 25.9 Å². The van der Waals surface area contributed by atoms with Gasteiger partial charge in [0.2, 0.25) is 0 Å². The number of unbranched alkanes of at least 4 members (excludes halogenated alkanes) is 4. The zero-order valence-corrected chi connectivity index (χ0v) is 12.3. The minimum absolute atomic E-state index is 0.331. The van der Waals surface area contributed by atoms with E-state index in [1.807, 2.05) is 0 Å². The molecule has 0 bridgehead atoms. The number of aliphatic hydroxyl groups is 1. The van der Waals surface area contributed by atoms with Crippen LogP contribution in [0.3, 0.4) is 0 Å². The van der Waals surface area contributed by atoms with Crippen LogP contribution in [0.4, 0.5) is 0 Å². The van der Waals surface area contributed by atoms with Gasteiger partial charge >= 0.3 is 0 Å². The van der Waals surface area contributed by atoms with E-state index in [1.165, 1.54) is 43.2 Å². The Balaban J connectivity index is 2.09. The lowest BCUT2D eigenvalue weighted by atomic mass is 10.1. The molecule has 2 heteroatoms. The van der Waals surface area contributed by atoms with Crippen LogP contribution in [0.15, 0.2) is 24.3 Å². The zero-order chi connectivity index (χ0) is 13.8. The Bertz CT molecular complexity index is 308. The molecule has 0 saturated carbocycles. The van der Waals surface area contributed by atoms with Gasteiger partial charge in [0, 0.05) is 13.2 Å². The monoisotopic (exact) mass is 263 g/mol. The maximum Gasteiger partial charge on any atom is 0.0431 e. The molecule has 0 saturated heterocycles. The maximum atomic E-state index is 8.68. The van der Waals surface area contributed by atoms with Gasteiger partial charge in [-0.15, -0.1) is 0 Å². The minimum atomic E-state index is 0.331. The van der Waals surface area contributed by atoms with E-state index in [4.69, 9.17) is 5.11 Å². The van der Waals surface area contributed by atoms with Crippen molar-refractivity contribution in [3.8, 4) is 0 Å². The fraction of sp³-hybridized carbons (Fsp3) is 0.647. The van der Waals surface area contributed by atoms with E-state index in [1.54, 1.807) is 0 Å². The van der Waals surface area contributed by atoms with E-state index in [2.05, 4.69) is 36.5 Å². The van der Waals surface area contributed by atoms with Crippen LogP contribution in [0.25, 0.3) is 0 Å². The first-order chi connectivity index (χ1) is 9.36. The molecule has 0 fully saturated rings. The second-order valence-corrected chi connectivity index (χ2v) is 5.23. The van der Waals surface area contributed by atoms with Gasteiger partial charge in [0.25, 0.3) is 0 Å². The molecule has 0 aliphatic heterocycles. The number of benzene rings is 1. The first-order valence-electron chi connectivity index (χ1n) is 7.76. The second-order valence-electron chi connectivity index (χ2n) is 5.23. The van der Waals surface area contributed by atoms with Crippen LogP contribution >= 0.6 is 0 Å². The molecule has 0 radical (unpaired) electrons. The van der Waals surface area contributed by atoms with Crippen molar-refractivity contribution in [1.29, 1.82) is 0 Å². The van der Waals surface area contributed by atoms with E-state index in [9.17, 15) is 0 Å². The molecule has 0 aliphatic carbocycles. The summed E-state index contributed by atoms with van der Waals surface area (Å²) in [6.07, 6.45) is 8.25. The fourth-order valence-corrected chi connectivity index (χ4v) is 2.15. The molecule has 0 spiro atoms. The SMILES string of the molecule is CCCCc1ccc(CNCCCCCCO)cc1. The van der Waals surface area contributed by atoms with Gasteiger partial charge in [-0.25, -0.2) is 0 Å². The van der Waals surface area contributed by atoms with Crippen molar-refractivity contribution in [2.24, 2.45) is 0 Å². The molecule has 1 aromatic carbocycles. The number of nitrogens with one attached hydrogen (secondary N) is 1. The highest BCUT2D eigenvalue weighted by Gasteiger charge is 1.95. The first-order valence-corrected chi connectivity index (χ1v) is 7.76. The average Bonchev–Trinajstić information content (AvgIpc) is 2.45. The van der Waals surface area contributed by atoms with E-state index in [0.29, 0.717) is 6.61 Å². The van der Waals surface area contributed by atoms with Gasteiger partial charge < -0.3 is 10.4 Å². The number of hydrogen-bond donors (Lipinski definition) is 2. The Labute approximate surface area is 118 Å². The van der Waals surface area contributed by atoms with Crippen LogP contribution < -0.4 is 5.32 Å². The van der Waals surface area contributed by atoms with Gasteiger partial charge in [-0.1, -0.05) is 50.5 Å². The van der Waals surface area contributed by atoms with Crippen molar-refractivity contribution in [2.75, 3.05) is 13.2 Å². The number of aliphatic hydroxyl groups excluding tert-OH is 1. The van der Waals surface area contributed by atoms with Crippen molar-refractivity contribution < 1.29 is 5.11 Å². The third kappa shape index (κ3) is 8.02. The molecule has 1 rings (SSSR count). The standard InChI is InChI=1S/C17H29NO/c1-2-3-8-16-9-11-17(12-10-16)15-18-13-6-4-5-7-14-19/h9-12,18-19H,2-8,13-15H2,1H3. The molecule has 0 unspecified atom stereocenters. The molecule has 0 heterocycles. The van der Waals surface area contributed by atoms with Crippen LogP contribution in [-0.2, 0) is 13.0 Å². The Kier molecular flexibility index (Phi) is 9.38. The van der Waals surface area contributed by atoms with E-state index < -0.39 is 0 Å². The van der Waals surface area contributed by atoms with Crippen LogP contribution in [0.5, 0.6) is 0 Å². The summed E-state index contributed by atoms with van der Waals surface area (Å²) in [6.45, 7) is 4.60. The average molecular weight is 263 g/mol. The molecule has 0 aliphatic rings. The maximum absolute atomic E-state index is 8.68. The molecule has 2 N–H and O–H groups in total. The Morgan fingerprint density at radius 3 is 2.26 bits per heavy atom. The third-order valence-corrected chi connectivity index (χ3v) is 3.43. The van der Waals surface area contributed by atoms with Gasteiger partial charge in [-0.05, 0) is 43.4 Å². The Morgan fingerprint density at radius 2 is 1.58 bits per heavy atom. The predicted octanol–water partition coefficient (Wildman–Crippen LogP) is 3.67. The molecule has 1 aromatic rings. The van der Waals surface area contributed by atoms with Crippen molar-refractivity contribution in [2.45, 2.75) is 58.4 Å². The fourth-order valence-electron chi connectivity index (χ4n) is 2.15. The number of hydrogen-bond acceptors (Lipinski definition) is 2. The lowest BCUT2D eigenvalue weighted by Gasteiger charge is -2.06. The highest BCUT2D eigenvalue weighted by atomic mass is 16.2. The first kappa shape index (κ1) is 16.2. The normalized spacial score (nSPS) is 10.8. The van der Waals surface area contributed by atoms with Crippen molar-refractivity contribution in [3.63, 3.8) is 0 Å². The molecule has 19 heavy (non-hydrogen) atoms. The van der Waals surface area contributed by atoms with Crippen LogP contribution in [0, 0.1) is 0 Å². The lowest BCUT2D eigenvalue weighted by Crippen LogP contribution is -2.14. The quantitative estimate of drug-likeness (QED) is 0.597. The van der Waals surface area contributed by atoms with E-state index in [-0.39, 0.29) is 0 Å². The summed E-state index contributed by atoms with van der Waals surface area (Å²) in [4.78, 5) is 0. The summed E-state index contributed by atoms with van der Waals surface area (Å²) in [7, 11) is 0. The van der Waals surface area contributed by atoms with Crippen molar-refractivity contribution >= 4 is 0 Å². The van der Waals surface area contributed by atoms with Gasteiger partial charge in [0.15, 0.2) is 0 Å². The van der Waals surface area contributed by atoms with Gasteiger partial charge in [0.1, 0.15) is 0 Å². The van der Waals surface area contributed by atoms with Crippen molar-refractivity contribution in [3.05, 3.63) is 35.4 Å². The van der Waals surface area contributed by atoms with Crippen LogP contribution in [0.1, 0.15) is 56.6 Å². The summed E-state index contributed by atoms with van der Waals surface area (Å²) in [6, 6.07) is 9.00. The summed E-state index contributed by atoms with van der Waals surface area (Å²) < 4.78 is 0. The predicted molar refractivity (Wildman–Crippen MR) is 82.3 cm³/mol. The van der Waals surface area contributed by atoms with Gasteiger partial charge in [-0.3, -0.25) is 0 Å². The van der Waals surface area contributed by atoms with Crippen LogP contribution in [0.2, 0.25) is 0 Å². The van der Waals surface area contributed by atoms with E-state index >= 15 is 0 Å². The summed E-state index contributed by atoms with van der Waals surface area (Å²) >= 11 is 0. The smallest absolute Gasteiger partial charge is 0.0431 e. The highest BCUT2D eigenvalue weighted by Crippen LogP contribution is 2.08. The largest absolute Gasteiger partial charge is 0.396 e. The topological polar surface area (TPSA) is 32.3 Å². The molecule has 0 aromatic heterocycles. The van der Waals surface area contributed by atoms with Gasteiger partial charge in [-0.2, -0.15) is 0 Å². The molecule has 0 amide bonds. The van der Waals surface area contributed by atoms with Crippen molar-refractivity contribution in [1.82, 2.24) is 5.32 Å². The Morgan fingerprint density at radius 1 is 0.895 bits per heavy atom. The molecule has 2 nitrogen and oxygen atoms in total. The van der Waals surface area contributed by atoms with Gasteiger partial charge in [0.05, 0.1) is 0 Å². The summed E-state index contributed by atoms with van der Waals surface area (Å²) in [5.41, 5.74) is 2.82.